The van der Waals surface area contributed by atoms with Crippen molar-refractivity contribution in [3.63, 3.8) is 0 Å². The normalized spacial score (nSPS) is 19.6. The van der Waals surface area contributed by atoms with E-state index in [1.54, 1.807) is 6.07 Å². The predicted molar refractivity (Wildman–Crippen MR) is 76.7 cm³/mol. The smallest absolute Gasteiger partial charge is 0.284 e. The summed E-state index contributed by atoms with van der Waals surface area (Å²) in [5.74, 6) is -0.330. The van der Waals surface area contributed by atoms with Gasteiger partial charge in [0.2, 0.25) is 0 Å². The van der Waals surface area contributed by atoms with Crippen molar-refractivity contribution in [3.8, 4) is 0 Å². The van der Waals surface area contributed by atoms with Gasteiger partial charge in [0.1, 0.15) is 0 Å². The summed E-state index contributed by atoms with van der Waals surface area (Å²) in [5, 5.41) is 13.7. The molecule has 1 aromatic rings. The molecule has 1 N–H and O–H groups in total. The number of nitro groups is 1. The fourth-order valence-corrected chi connectivity index (χ4v) is 2.57. The summed E-state index contributed by atoms with van der Waals surface area (Å²) in [6.45, 7) is 2.59. The molecule has 1 amide bonds. The number of ether oxygens (including phenoxy) is 1. The molecule has 0 unspecified atom stereocenters. The molecule has 1 aliphatic heterocycles. The fraction of sp³-hybridized carbons (Fsp3) is 0.462. The highest BCUT2D eigenvalue weighted by molar-refractivity contribution is 9.10. The van der Waals surface area contributed by atoms with E-state index in [0.29, 0.717) is 11.1 Å². The lowest BCUT2D eigenvalue weighted by molar-refractivity contribution is -0.385. The number of amides is 1. The van der Waals surface area contributed by atoms with Crippen molar-refractivity contribution < 1.29 is 14.5 Å². The molecular weight excluding hydrogens is 328 g/mol. The number of benzene rings is 1. The summed E-state index contributed by atoms with van der Waals surface area (Å²) in [5.41, 5.74) is 0.146. The molecule has 2 rings (SSSR count). The Balaban J connectivity index is 2.08. The van der Waals surface area contributed by atoms with E-state index in [2.05, 4.69) is 21.2 Å². The SMILES string of the molecule is C[C@H](NC(=O)c1ccc(Br)c([N+](=O)[O-])c1)[C@@H]1CCCO1. The molecule has 0 saturated carbocycles. The number of carbonyl (C=O) groups is 1. The number of nitrogens with one attached hydrogen (secondary N) is 1. The second kappa shape index (κ2) is 6.32. The number of nitro benzene ring substituents is 1. The van der Waals surface area contributed by atoms with Gasteiger partial charge < -0.3 is 10.1 Å². The molecule has 0 aromatic heterocycles. The van der Waals surface area contributed by atoms with Crippen LogP contribution in [0.1, 0.15) is 30.1 Å². The Morgan fingerprint density at radius 1 is 1.60 bits per heavy atom. The zero-order valence-corrected chi connectivity index (χ0v) is 12.6. The third kappa shape index (κ3) is 3.34. The van der Waals surface area contributed by atoms with Crippen molar-refractivity contribution in [2.45, 2.75) is 31.9 Å². The monoisotopic (exact) mass is 342 g/mol. The number of halogens is 1. The van der Waals surface area contributed by atoms with Gasteiger partial charge in [0.15, 0.2) is 0 Å². The Kier molecular flexibility index (Phi) is 4.72. The van der Waals surface area contributed by atoms with Crippen molar-refractivity contribution >= 4 is 27.5 Å². The molecule has 20 heavy (non-hydrogen) atoms. The maximum Gasteiger partial charge on any atom is 0.284 e. The summed E-state index contributed by atoms with van der Waals surface area (Å²) >= 11 is 3.09. The first kappa shape index (κ1) is 14.9. The van der Waals surface area contributed by atoms with E-state index in [-0.39, 0.29) is 29.3 Å². The Labute approximate surface area is 124 Å². The summed E-state index contributed by atoms with van der Waals surface area (Å²) in [6, 6.07) is 4.20. The predicted octanol–water partition coefficient (Wildman–Crippen LogP) is 2.65. The van der Waals surface area contributed by atoms with Gasteiger partial charge in [-0.25, -0.2) is 0 Å². The van der Waals surface area contributed by atoms with Gasteiger partial charge in [0.05, 0.1) is 21.5 Å². The largest absolute Gasteiger partial charge is 0.376 e. The van der Waals surface area contributed by atoms with Gasteiger partial charge in [-0.05, 0) is 47.8 Å². The lowest BCUT2D eigenvalue weighted by Gasteiger charge is -2.19. The number of rotatable bonds is 4. The van der Waals surface area contributed by atoms with E-state index in [9.17, 15) is 14.9 Å². The minimum absolute atomic E-state index is 0.0179. The molecule has 2 atom stereocenters. The zero-order valence-electron chi connectivity index (χ0n) is 11.0. The van der Waals surface area contributed by atoms with E-state index >= 15 is 0 Å². The van der Waals surface area contributed by atoms with E-state index in [0.717, 1.165) is 12.8 Å². The molecule has 6 nitrogen and oxygen atoms in total. The highest BCUT2D eigenvalue weighted by Gasteiger charge is 2.24. The average Bonchev–Trinajstić information content (AvgIpc) is 2.92. The van der Waals surface area contributed by atoms with Crippen LogP contribution >= 0.6 is 15.9 Å². The maximum atomic E-state index is 12.1. The molecule has 0 spiro atoms. The van der Waals surface area contributed by atoms with Crippen molar-refractivity contribution in [3.05, 3.63) is 38.3 Å². The molecule has 0 aliphatic carbocycles. The molecule has 1 heterocycles. The van der Waals surface area contributed by atoms with E-state index in [4.69, 9.17) is 4.74 Å². The molecule has 1 aliphatic rings. The van der Waals surface area contributed by atoms with Crippen molar-refractivity contribution in [1.29, 1.82) is 0 Å². The van der Waals surface area contributed by atoms with E-state index in [1.807, 2.05) is 6.92 Å². The molecule has 0 radical (unpaired) electrons. The third-order valence-corrected chi connectivity index (χ3v) is 3.96. The Morgan fingerprint density at radius 2 is 2.35 bits per heavy atom. The van der Waals surface area contributed by atoms with Crippen LogP contribution in [-0.2, 0) is 4.74 Å². The number of hydrogen-bond acceptors (Lipinski definition) is 4. The highest BCUT2D eigenvalue weighted by Crippen LogP contribution is 2.25. The van der Waals surface area contributed by atoms with Gasteiger partial charge in [-0.1, -0.05) is 0 Å². The first-order chi connectivity index (χ1) is 9.49. The second-order valence-electron chi connectivity index (χ2n) is 4.74. The van der Waals surface area contributed by atoms with Crippen molar-refractivity contribution in [2.24, 2.45) is 0 Å². The van der Waals surface area contributed by atoms with Crippen LogP contribution in [0.15, 0.2) is 22.7 Å². The number of nitrogens with zero attached hydrogens (tertiary/aromatic N) is 1. The van der Waals surface area contributed by atoms with Crippen molar-refractivity contribution in [1.82, 2.24) is 5.32 Å². The Hall–Kier alpha value is -1.47. The summed E-state index contributed by atoms with van der Waals surface area (Å²) in [4.78, 5) is 22.4. The summed E-state index contributed by atoms with van der Waals surface area (Å²) in [6.07, 6.45) is 1.93. The van der Waals surface area contributed by atoms with Gasteiger partial charge in [-0.15, -0.1) is 0 Å². The quantitative estimate of drug-likeness (QED) is 0.673. The van der Waals surface area contributed by atoms with Crippen LogP contribution in [0.25, 0.3) is 0 Å². The standard InChI is InChI=1S/C13H15BrN2O4/c1-8(12-3-2-6-20-12)15-13(17)9-4-5-10(14)11(7-9)16(18)19/h4-5,7-8,12H,2-3,6H2,1H3,(H,15,17)/t8-,12-/m0/s1. The number of carbonyl (C=O) groups excluding carboxylic acids is 1. The van der Waals surface area contributed by atoms with Crippen LogP contribution in [0, 0.1) is 10.1 Å². The molecule has 0 bridgehead atoms. The Morgan fingerprint density at radius 3 is 2.95 bits per heavy atom. The van der Waals surface area contributed by atoms with Crippen LogP contribution in [0.2, 0.25) is 0 Å². The van der Waals surface area contributed by atoms with Gasteiger partial charge in [-0.2, -0.15) is 0 Å². The van der Waals surface area contributed by atoms with Crippen molar-refractivity contribution in [2.75, 3.05) is 6.61 Å². The molecular formula is C13H15BrN2O4. The molecule has 1 aromatic carbocycles. The zero-order chi connectivity index (χ0) is 14.7. The molecule has 1 saturated heterocycles. The van der Waals surface area contributed by atoms with Crippen LogP contribution in [-0.4, -0.2) is 29.6 Å². The Bertz CT molecular complexity index is 529. The third-order valence-electron chi connectivity index (χ3n) is 3.29. The second-order valence-corrected chi connectivity index (χ2v) is 5.59. The fourth-order valence-electron chi connectivity index (χ4n) is 2.17. The lowest BCUT2D eigenvalue weighted by atomic mass is 10.1. The van der Waals surface area contributed by atoms with Gasteiger partial charge >= 0.3 is 0 Å². The van der Waals surface area contributed by atoms with Gasteiger partial charge in [-0.3, -0.25) is 14.9 Å². The van der Waals surface area contributed by atoms with Crippen LogP contribution in [0.4, 0.5) is 5.69 Å². The topological polar surface area (TPSA) is 81.5 Å². The van der Waals surface area contributed by atoms with Crippen LogP contribution in [0.5, 0.6) is 0 Å². The highest BCUT2D eigenvalue weighted by atomic mass is 79.9. The summed E-state index contributed by atoms with van der Waals surface area (Å²) < 4.78 is 5.86. The van der Waals surface area contributed by atoms with Gasteiger partial charge in [0.25, 0.3) is 11.6 Å². The first-order valence-electron chi connectivity index (χ1n) is 6.35. The first-order valence-corrected chi connectivity index (χ1v) is 7.14. The van der Waals surface area contributed by atoms with Crippen LogP contribution < -0.4 is 5.32 Å². The summed E-state index contributed by atoms with van der Waals surface area (Å²) in [7, 11) is 0. The van der Waals surface area contributed by atoms with Gasteiger partial charge in [0, 0.05) is 18.2 Å². The van der Waals surface area contributed by atoms with E-state index in [1.165, 1.54) is 12.1 Å². The average molecular weight is 343 g/mol. The lowest BCUT2D eigenvalue weighted by Crippen LogP contribution is -2.40. The molecule has 7 heteroatoms. The van der Waals surface area contributed by atoms with E-state index < -0.39 is 4.92 Å². The number of hydrogen-bond donors (Lipinski definition) is 1. The van der Waals surface area contributed by atoms with Crippen LogP contribution in [0.3, 0.4) is 0 Å². The molecule has 1 fully saturated rings. The minimum atomic E-state index is -0.523. The minimum Gasteiger partial charge on any atom is -0.376 e. The maximum absolute atomic E-state index is 12.1. The molecule has 108 valence electrons.